The van der Waals surface area contributed by atoms with Crippen molar-refractivity contribution in [3.63, 3.8) is 0 Å². The minimum atomic E-state index is 0.500. The average molecular weight is 288 g/mol. The highest BCUT2D eigenvalue weighted by Crippen LogP contribution is 2.23. The quantitative estimate of drug-likeness (QED) is 0.766. The van der Waals surface area contributed by atoms with Crippen molar-refractivity contribution in [1.29, 1.82) is 0 Å². The summed E-state index contributed by atoms with van der Waals surface area (Å²) in [5.74, 6) is 1.01. The summed E-state index contributed by atoms with van der Waals surface area (Å²) in [6, 6.07) is 0. The van der Waals surface area contributed by atoms with E-state index in [-0.39, 0.29) is 0 Å². The van der Waals surface area contributed by atoms with Gasteiger partial charge in [-0.3, -0.25) is 4.57 Å². The lowest BCUT2D eigenvalue weighted by Crippen LogP contribution is -2.06. The Morgan fingerprint density at radius 3 is 2.70 bits per heavy atom. The number of nitrogens with zero attached hydrogens (tertiary/aromatic N) is 7. The number of hydrogen-bond acceptors (Lipinski definition) is 7. The topological polar surface area (TPSA) is 86.3 Å². The molecule has 3 rings (SSSR count). The van der Waals surface area contributed by atoms with Crippen molar-refractivity contribution in [2.45, 2.75) is 10.3 Å². The van der Waals surface area contributed by atoms with E-state index < -0.39 is 0 Å². The minimum absolute atomic E-state index is 0.500. The van der Waals surface area contributed by atoms with E-state index in [0.717, 1.165) is 5.16 Å². The van der Waals surface area contributed by atoms with E-state index in [9.17, 15) is 0 Å². The van der Waals surface area contributed by atoms with E-state index in [1.807, 2.05) is 17.8 Å². The van der Waals surface area contributed by atoms with Crippen LogP contribution in [-0.2, 0) is 7.05 Å². The van der Waals surface area contributed by atoms with Crippen LogP contribution in [0.1, 0.15) is 0 Å². The molecule has 8 nitrogen and oxygen atoms in total. The largest absolute Gasteiger partial charge is 0.357 e. The Morgan fingerprint density at radius 2 is 2.05 bits per heavy atom. The Bertz CT molecular complexity index is 705. The standard InChI is InChI=1S/C11H12N8S/c1-12-8-15-9(19-6-3-13-7-19)17-10(16-8)20-11-14-4-5-18(11)2/h3-7H,1-2H3,(H,12,15,16,17). The van der Waals surface area contributed by atoms with E-state index in [2.05, 4.69) is 30.2 Å². The predicted molar refractivity (Wildman–Crippen MR) is 73.8 cm³/mol. The van der Waals surface area contributed by atoms with Gasteiger partial charge in [-0.2, -0.15) is 15.0 Å². The van der Waals surface area contributed by atoms with Gasteiger partial charge in [0.1, 0.15) is 6.33 Å². The second-order valence-corrected chi connectivity index (χ2v) is 4.82. The van der Waals surface area contributed by atoms with Gasteiger partial charge in [-0.05, 0) is 11.8 Å². The highest BCUT2D eigenvalue weighted by Gasteiger charge is 2.10. The molecule has 9 heteroatoms. The van der Waals surface area contributed by atoms with Crippen molar-refractivity contribution in [3.05, 3.63) is 31.1 Å². The van der Waals surface area contributed by atoms with Crippen LogP contribution in [0.4, 0.5) is 5.95 Å². The van der Waals surface area contributed by atoms with Gasteiger partial charge in [-0.1, -0.05) is 0 Å². The predicted octanol–water partition coefficient (Wildman–Crippen LogP) is 0.984. The van der Waals surface area contributed by atoms with Crippen LogP contribution in [0.15, 0.2) is 41.4 Å². The molecule has 0 aliphatic carbocycles. The summed E-state index contributed by atoms with van der Waals surface area (Å²) in [5, 5.41) is 4.31. The Morgan fingerprint density at radius 1 is 1.15 bits per heavy atom. The maximum atomic E-state index is 4.41. The SMILES string of the molecule is CNc1nc(Sc2nccn2C)nc(-n2ccnc2)n1. The fourth-order valence-corrected chi connectivity index (χ4v) is 2.27. The number of aryl methyl sites for hydroxylation is 1. The minimum Gasteiger partial charge on any atom is -0.357 e. The zero-order valence-corrected chi connectivity index (χ0v) is 11.7. The zero-order chi connectivity index (χ0) is 13.9. The Kier molecular flexibility index (Phi) is 3.33. The molecular formula is C11H12N8S. The fraction of sp³-hybridized carbons (Fsp3) is 0.182. The van der Waals surface area contributed by atoms with Gasteiger partial charge in [0.25, 0.3) is 0 Å². The lowest BCUT2D eigenvalue weighted by atomic mass is 10.8. The maximum absolute atomic E-state index is 4.41. The highest BCUT2D eigenvalue weighted by atomic mass is 32.2. The zero-order valence-electron chi connectivity index (χ0n) is 10.9. The van der Waals surface area contributed by atoms with Crippen LogP contribution in [0.25, 0.3) is 5.95 Å². The molecule has 0 atom stereocenters. The molecule has 3 aromatic rings. The van der Waals surface area contributed by atoms with Crippen molar-refractivity contribution in [2.75, 3.05) is 12.4 Å². The maximum Gasteiger partial charge on any atom is 0.240 e. The summed E-state index contributed by atoms with van der Waals surface area (Å²) in [4.78, 5) is 21.3. The summed E-state index contributed by atoms with van der Waals surface area (Å²) in [5.41, 5.74) is 0. The Balaban J connectivity index is 1.98. The van der Waals surface area contributed by atoms with Crippen molar-refractivity contribution in [2.24, 2.45) is 7.05 Å². The lowest BCUT2D eigenvalue weighted by molar-refractivity contribution is 0.778. The molecule has 0 aliphatic heterocycles. The van der Waals surface area contributed by atoms with Crippen LogP contribution in [-0.4, -0.2) is 41.1 Å². The monoisotopic (exact) mass is 288 g/mol. The molecule has 0 spiro atoms. The van der Waals surface area contributed by atoms with Gasteiger partial charge >= 0.3 is 0 Å². The molecule has 20 heavy (non-hydrogen) atoms. The number of imidazole rings is 2. The first-order valence-corrected chi connectivity index (χ1v) is 6.65. The fourth-order valence-electron chi connectivity index (χ4n) is 1.53. The number of hydrogen-bond donors (Lipinski definition) is 1. The molecule has 0 saturated heterocycles. The van der Waals surface area contributed by atoms with Crippen molar-refractivity contribution in [3.8, 4) is 5.95 Å². The highest BCUT2D eigenvalue weighted by molar-refractivity contribution is 7.99. The lowest BCUT2D eigenvalue weighted by Gasteiger charge is -2.06. The third-order valence-electron chi connectivity index (χ3n) is 2.52. The first kappa shape index (κ1) is 12.6. The van der Waals surface area contributed by atoms with E-state index in [0.29, 0.717) is 17.1 Å². The van der Waals surface area contributed by atoms with Crippen LogP contribution >= 0.6 is 11.8 Å². The summed E-state index contributed by atoms with van der Waals surface area (Å²) in [6.45, 7) is 0. The third kappa shape index (κ3) is 2.48. The first-order valence-electron chi connectivity index (χ1n) is 5.83. The molecule has 0 unspecified atom stereocenters. The Hall–Kier alpha value is -2.42. The molecule has 1 N–H and O–H groups in total. The van der Waals surface area contributed by atoms with Crippen molar-refractivity contribution in [1.82, 2.24) is 34.1 Å². The summed E-state index contributed by atoms with van der Waals surface area (Å²) >= 11 is 1.38. The molecule has 3 aromatic heterocycles. The van der Waals surface area contributed by atoms with E-state index in [4.69, 9.17) is 0 Å². The number of rotatable bonds is 4. The smallest absolute Gasteiger partial charge is 0.240 e. The Labute approximate surface area is 119 Å². The molecule has 0 aromatic carbocycles. The summed E-state index contributed by atoms with van der Waals surface area (Å²) in [7, 11) is 3.69. The van der Waals surface area contributed by atoms with Gasteiger partial charge < -0.3 is 9.88 Å². The molecule has 0 aliphatic rings. The van der Waals surface area contributed by atoms with Gasteiger partial charge in [-0.15, -0.1) is 0 Å². The second-order valence-electron chi connectivity index (χ2n) is 3.88. The van der Waals surface area contributed by atoms with Gasteiger partial charge in [0.05, 0.1) is 0 Å². The van der Waals surface area contributed by atoms with E-state index in [1.54, 1.807) is 36.5 Å². The molecule has 0 fully saturated rings. The van der Waals surface area contributed by atoms with E-state index in [1.165, 1.54) is 11.8 Å². The second kappa shape index (κ2) is 5.29. The summed E-state index contributed by atoms with van der Waals surface area (Å²) in [6.07, 6.45) is 8.71. The molecule has 0 bridgehead atoms. The molecular weight excluding hydrogens is 276 g/mol. The van der Waals surface area contributed by atoms with Gasteiger partial charge in [0, 0.05) is 38.9 Å². The van der Waals surface area contributed by atoms with Crippen molar-refractivity contribution < 1.29 is 0 Å². The summed E-state index contributed by atoms with van der Waals surface area (Å²) < 4.78 is 3.63. The van der Waals surface area contributed by atoms with Crippen LogP contribution in [0, 0.1) is 0 Å². The van der Waals surface area contributed by atoms with Gasteiger partial charge in [-0.25, -0.2) is 9.97 Å². The first-order chi connectivity index (χ1) is 9.76. The molecule has 0 saturated carbocycles. The number of aromatic nitrogens is 7. The van der Waals surface area contributed by atoms with Crippen LogP contribution in [0.5, 0.6) is 0 Å². The van der Waals surface area contributed by atoms with Crippen molar-refractivity contribution >= 4 is 17.7 Å². The molecule has 0 radical (unpaired) electrons. The van der Waals surface area contributed by atoms with Crippen LogP contribution in [0.3, 0.4) is 0 Å². The molecule has 0 amide bonds. The number of nitrogens with one attached hydrogen (secondary N) is 1. The third-order valence-corrected chi connectivity index (χ3v) is 3.46. The normalized spacial score (nSPS) is 10.7. The molecule has 3 heterocycles. The number of anilines is 1. The van der Waals surface area contributed by atoms with E-state index >= 15 is 0 Å². The van der Waals surface area contributed by atoms with Gasteiger partial charge in [0.15, 0.2) is 5.16 Å². The molecule has 102 valence electrons. The van der Waals surface area contributed by atoms with Gasteiger partial charge in [0.2, 0.25) is 17.1 Å². The van der Waals surface area contributed by atoms with Crippen LogP contribution < -0.4 is 5.32 Å². The van der Waals surface area contributed by atoms with Crippen LogP contribution in [0.2, 0.25) is 0 Å². The average Bonchev–Trinajstić information content (AvgIpc) is 3.11.